The van der Waals surface area contributed by atoms with Crippen LogP contribution in [-0.2, 0) is 6.54 Å². The third-order valence-corrected chi connectivity index (χ3v) is 5.33. The molecule has 1 aromatic carbocycles. The van der Waals surface area contributed by atoms with Gasteiger partial charge in [0.2, 0.25) is 0 Å². The van der Waals surface area contributed by atoms with Gasteiger partial charge in [-0.25, -0.2) is 9.37 Å². The van der Waals surface area contributed by atoms with E-state index < -0.39 is 0 Å². The zero-order chi connectivity index (χ0) is 17.2. The van der Waals surface area contributed by atoms with Crippen LogP contribution in [0.2, 0.25) is 0 Å². The number of rotatable bonds is 5. The van der Waals surface area contributed by atoms with Crippen molar-refractivity contribution in [1.29, 1.82) is 0 Å². The molecule has 1 aliphatic carbocycles. The molecular weight excluding hydrogens is 319 g/mol. The lowest BCUT2D eigenvalue weighted by molar-refractivity contribution is 0.258. The maximum atomic E-state index is 13.5. The number of aromatic amines is 1. The Bertz CT molecular complexity index is 837. The molecule has 1 aliphatic rings. The zero-order valence-corrected chi connectivity index (χ0v) is 14.4. The van der Waals surface area contributed by atoms with E-state index in [1.807, 2.05) is 6.92 Å². The predicted molar refractivity (Wildman–Crippen MR) is 93.4 cm³/mol. The van der Waals surface area contributed by atoms with Crippen molar-refractivity contribution in [3.63, 3.8) is 0 Å². The SMILES string of the molecule is Cc1c(CNC(c2ncn[nH]2)C2CCCCC2)oc2ccc(F)cc12. The van der Waals surface area contributed by atoms with Crippen LogP contribution in [0, 0.1) is 18.7 Å². The Kier molecular flexibility index (Phi) is 4.53. The molecule has 2 aromatic heterocycles. The minimum atomic E-state index is -0.238. The first kappa shape index (κ1) is 16.3. The van der Waals surface area contributed by atoms with Gasteiger partial charge in [-0.15, -0.1) is 0 Å². The number of halogens is 1. The molecule has 2 N–H and O–H groups in total. The highest BCUT2D eigenvalue weighted by molar-refractivity contribution is 5.82. The predicted octanol–water partition coefficient (Wildman–Crippen LogP) is 4.41. The molecule has 25 heavy (non-hydrogen) atoms. The average Bonchev–Trinajstić information content (AvgIpc) is 3.26. The molecule has 1 saturated carbocycles. The first-order chi connectivity index (χ1) is 12.2. The molecule has 0 saturated heterocycles. The van der Waals surface area contributed by atoms with E-state index in [9.17, 15) is 4.39 Å². The molecule has 6 heteroatoms. The Morgan fingerprint density at radius 1 is 1.32 bits per heavy atom. The fraction of sp³-hybridized carbons (Fsp3) is 0.474. The normalized spacial score (nSPS) is 17.2. The Morgan fingerprint density at radius 3 is 2.92 bits per heavy atom. The van der Waals surface area contributed by atoms with Gasteiger partial charge in [0, 0.05) is 5.39 Å². The summed E-state index contributed by atoms with van der Waals surface area (Å²) < 4.78 is 19.4. The van der Waals surface area contributed by atoms with Crippen molar-refractivity contribution in [2.24, 2.45) is 5.92 Å². The molecule has 0 bridgehead atoms. The quantitative estimate of drug-likeness (QED) is 0.721. The maximum absolute atomic E-state index is 13.5. The second-order valence-electron chi connectivity index (χ2n) is 6.92. The lowest BCUT2D eigenvalue weighted by Crippen LogP contribution is -2.30. The number of benzene rings is 1. The molecule has 5 nitrogen and oxygen atoms in total. The van der Waals surface area contributed by atoms with Crippen LogP contribution in [0.5, 0.6) is 0 Å². The molecule has 0 amide bonds. The molecule has 1 atom stereocenters. The fourth-order valence-corrected chi connectivity index (χ4v) is 3.93. The Hall–Kier alpha value is -2.21. The largest absolute Gasteiger partial charge is 0.459 e. The number of nitrogens with zero attached hydrogens (tertiary/aromatic N) is 2. The van der Waals surface area contributed by atoms with Crippen molar-refractivity contribution in [1.82, 2.24) is 20.5 Å². The van der Waals surface area contributed by atoms with Crippen LogP contribution in [0.4, 0.5) is 4.39 Å². The van der Waals surface area contributed by atoms with Gasteiger partial charge < -0.3 is 9.73 Å². The molecular formula is C19H23FN4O. The standard InChI is InChI=1S/C19H23FN4O/c1-12-15-9-14(20)7-8-16(15)25-17(12)10-21-18(19-22-11-23-24-19)13-5-3-2-4-6-13/h7-9,11,13,18,21H,2-6,10H2,1H3,(H,22,23,24). The second-order valence-corrected chi connectivity index (χ2v) is 6.92. The van der Waals surface area contributed by atoms with Crippen LogP contribution >= 0.6 is 0 Å². The summed E-state index contributed by atoms with van der Waals surface area (Å²) in [6.45, 7) is 2.57. The minimum Gasteiger partial charge on any atom is -0.459 e. The first-order valence-corrected chi connectivity index (χ1v) is 8.98. The number of aromatic nitrogens is 3. The highest BCUT2D eigenvalue weighted by Gasteiger charge is 2.27. The monoisotopic (exact) mass is 342 g/mol. The Labute approximate surface area is 146 Å². The number of H-pyrrole nitrogens is 1. The zero-order valence-electron chi connectivity index (χ0n) is 14.4. The minimum absolute atomic E-state index is 0.132. The molecule has 1 fully saturated rings. The maximum Gasteiger partial charge on any atom is 0.141 e. The highest BCUT2D eigenvalue weighted by atomic mass is 19.1. The van der Waals surface area contributed by atoms with Gasteiger partial charge in [-0.1, -0.05) is 19.3 Å². The Morgan fingerprint density at radius 2 is 2.16 bits per heavy atom. The molecule has 4 rings (SSSR count). The van der Waals surface area contributed by atoms with E-state index in [1.165, 1.54) is 44.2 Å². The summed E-state index contributed by atoms with van der Waals surface area (Å²) in [6.07, 6.45) is 7.79. The lowest BCUT2D eigenvalue weighted by Gasteiger charge is -2.29. The van der Waals surface area contributed by atoms with Gasteiger partial charge in [0.15, 0.2) is 0 Å². The third kappa shape index (κ3) is 3.31. The van der Waals surface area contributed by atoms with Crippen molar-refractivity contribution in [2.75, 3.05) is 0 Å². The van der Waals surface area contributed by atoms with E-state index in [0.29, 0.717) is 12.5 Å². The fourth-order valence-electron chi connectivity index (χ4n) is 3.93. The molecule has 3 aromatic rings. The van der Waals surface area contributed by atoms with E-state index in [1.54, 1.807) is 12.4 Å². The van der Waals surface area contributed by atoms with E-state index in [-0.39, 0.29) is 11.9 Å². The summed E-state index contributed by atoms with van der Waals surface area (Å²) in [5.74, 6) is 2.04. The average molecular weight is 342 g/mol. The number of nitrogens with one attached hydrogen (secondary N) is 2. The van der Waals surface area contributed by atoms with Crippen LogP contribution in [-0.4, -0.2) is 15.2 Å². The molecule has 132 valence electrons. The summed E-state index contributed by atoms with van der Waals surface area (Å²) in [6, 6.07) is 4.79. The van der Waals surface area contributed by atoms with Crippen molar-refractivity contribution in [3.05, 3.63) is 47.5 Å². The smallest absolute Gasteiger partial charge is 0.141 e. The van der Waals surface area contributed by atoms with Crippen molar-refractivity contribution >= 4 is 11.0 Å². The van der Waals surface area contributed by atoms with Crippen LogP contribution in [0.1, 0.15) is 55.3 Å². The van der Waals surface area contributed by atoms with Gasteiger partial charge in [0.05, 0.1) is 12.6 Å². The third-order valence-electron chi connectivity index (χ3n) is 5.33. The van der Waals surface area contributed by atoms with Gasteiger partial charge in [0.25, 0.3) is 0 Å². The van der Waals surface area contributed by atoms with Crippen LogP contribution in [0.3, 0.4) is 0 Å². The summed E-state index contributed by atoms with van der Waals surface area (Å²) in [5.41, 5.74) is 1.71. The first-order valence-electron chi connectivity index (χ1n) is 8.98. The topological polar surface area (TPSA) is 66.7 Å². The number of hydrogen-bond donors (Lipinski definition) is 2. The van der Waals surface area contributed by atoms with Gasteiger partial charge in [0.1, 0.15) is 29.3 Å². The highest BCUT2D eigenvalue weighted by Crippen LogP contribution is 2.34. The van der Waals surface area contributed by atoms with E-state index in [4.69, 9.17) is 4.42 Å². The molecule has 0 radical (unpaired) electrons. The van der Waals surface area contributed by atoms with Gasteiger partial charge in [-0.05, 0) is 49.4 Å². The molecule has 0 spiro atoms. The lowest BCUT2D eigenvalue weighted by atomic mass is 9.83. The van der Waals surface area contributed by atoms with Crippen LogP contribution in [0.15, 0.2) is 28.9 Å². The van der Waals surface area contributed by atoms with Crippen molar-refractivity contribution in [2.45, 2.75) is 51.6 Å². The molecule has 1 unspecified atom stereocenters. The van der Waals surface area contributed by atoms with Gasteiger partial charge >= 0.3 is 0 Å². The van der Waals surface area contributed by atoms with Gasteiger partial charge in [-0.3, -0.25) is 5.10 Å². The number of furan rings is 1. The van der Waals surface area contributed by atoms with Crippen molar-refractivity contribution < 1.29 is 8.81 Å². The molecule has 2 heterocycles. The van der Waals surface area contributed by atoms with Gasteiger partial charge in [-0.2, -0.15) is 5.10 Å². The second kappa shape index (κ2) is 6.96. The summed E-state index contributed by atoms with van der Waals surface area (Å²) >= 11 is 0. The molecule has 0 aliphatic heterocycles. The van der Waals surface area contributed by atoms with Crippen LogP contribution in [0.25, 0.3) is 11.0 Å². The van der Waals surface area contributed by atoms with E-state index in [0.717, 1.165) is 28.1 Å². The number of hydrogen-bond acceptors (Lipinski definition) is 4. The Balaban J connectivity index is 1.56. The summed E-state index contributed by atoms with van der Waals surface area (Å²) in [4.78, 5) is 4.37. The number of aryl methyl sites for hydroxylation is 1. The van der Waals surface area contributed by atoms with Crippen molar-refractivity contribution in [3.8, 4) is 0 Å². The van der Waals surface area contributed by atoms with Crippen LogP contribution < -0.4 is 5.32 Å². The summed E-state index contributed by atoms with van der Waals surface area (Å²) in [5, 5.41) is 11.5. The summed E-state index contributed by atoms with van der Waals surface area (Å²) in [7, 11) is 0. The van der Waals surface area contributed by atoms with E-state index >= 15 is 0 Å². The van der Waals surface area contributed by atoms with E-state index in [2.05, 4.69) is 20.5 Å². The number of fused-ring (bicyclic) bond motifs is 1.